The van der Waals surface area contributed by atoms with Crippen LogP contribution in [0.5, 0.6) is 0 Å². The largest absolute Gasteiger partial charge is 0.240 e. The fourth-order valence-electron chi connectivity index (χ4n) is 2.14. The number of hydrogen-bond donors (Lipinski definition) is 1. The van der Waals surface area contributed by atoms with Crippen molar-refractivity contribution in [3.63, 3.8) is 0 Å². The van der Waals surface area contributed by atoms with E-state index in [9.17, 15) is 8.42 Å². The minimum Gasteiger partial charge on any atom is -0.208 e. The van der Waals surface area contributed by atoms with E-state index in [2.05, 4.69) is 18.6 Å². The van der Waals surface area contributed by atoms with Crippen molar-refractivity contribution in [3.05, 3.63) is 30.3 Å². The number of unbranched alkanes of at least 4 members (excludes halogenated alkanes) is 2. The van der Waals surface area contributed by atoms with Crippen LogP contribution in [0.2, 0.25) is 0 Å². The van der Waals surface area contributed by atoms with Crippen LogP contribution in [0.15, 0.2) is 35.2 Å². The van der Waals surface area contributed by atoms with E-state index >= 15 is 0 Å². The lowest BCUT2D eigenvalue weighted by Gasteiger charge is -2.18. The van der Waals surface area contributed by atoms with Gasteiger partial charge in [0.15, 0.2) is 0 Å². The van der Waals surface area contributed by atoms with Crippen LogP contribution in [0, 0.1) is 0 Å². The van der Waals surface area contributed by atoms with Crippen LogP contribution in [-0.4, -0.2) is 14.5 Å². The maximum atomic E-state index is 12.2. The summed E-state index contributed by atoms with van der Waals surface area (Å²) in [6.07, 6.45) is 6.22. The van der Waals surface area contributed by atoms with Crippen LogP contribution < -0.4 is 4.72 Å². The van der Waals surface area contributed by atoms with E-state index in [1.165, 1.54) is 0 Å². The summed E-state index contributed by atoms with van der Waals surface area (Å²) < 4.78 is 27.3. The molecular formula is C15H25NO2S. The molecule has 1 N–H and O–H groups in total. The average Bonchev–Trinajstić information content (AvgIpc) is 2.40. The van der Waals surface area contributed by atoms with Crippen LogP contribution in [0.3, 0.4) is 0 Å². The third kappa shape index (κ3) is 5.74. The Hall–Kier alpha value is -0.870. The minimum atomic E-state index is -3.37. The highest BCUT2D eigenvalue weighted by molar-refractivity contribution is 7.89. The zero-order valence-electron chi connectivity index (χ0n) is 11.9. The van der Waals surface area contributed by atoms with Crippen molar-refractivity contribution in [2.75, 3.05) is 0 Å². The lowest BCUT2D eigenvalue weighted by molar-refractivity contribution is 0.477. The number of benzene rings is 1. The standard InChI is InChI=1S/C15H25NO2S/c1-3-5-7-11-14(10-4-2)16-19(17,18)15-12-8-6-9-13-15/h6,8-9,12-14,16H,3-5,7,10-11H2,1-2H3. The van der Waals surface area contributed by atoms with Gasteiger partial charge in [0.05, 0.1) is 4.90 Å². The predicted molar refractivity (Wildman–Crippen MR) is 79.6 cm³/mol. The van der Waals surface area contributed by atoms with Gasteiger partial charge in [-0.15, -0.1) is 0 Å². The van der Waals surface area contributed by atoms with Crippen LogP contribution in [0.1, 0.15) is 52.4 Å². The summed E-state index contributed by atoms with van der Waals surface area (Å²) >= 11 is 0. The number of nitrogens with one attached hydrogen (secondary N) is 1. The molecule has 0 aliphatic carbocycles. The van der Waals surface area contributed by atoms with Crippen molar-refractivity contribution in [1.82, 2.24) is 4.72 Å². The maximum Gasteiger partial charge on any atom is 0.240 e. The second-order valence-corrected chi connectivity index (χ2v) is 6.63. The zero-order valence-corrected chi connectivity index (χ0v) is 12.7. The third-order valence-electron chi connectivity index (χ3n) is 3.17. The number of rotatable bonds is 9. The van der Waals surface area contributed by atoms with Gasteiger partial charge < -0.3 is 0 Å². The molecule has 0 spiro atoms. The molecular weight excluding hydrogens is 258 g/mol. The van der Waals surface area contributed by atoms with Gasteiger partial charge in [-0.1, -0.05) is 57.7 Å². The zero-order chi connectivity index (χ0) is 14.1. The average molecular weight is 283 g/mol. The number of sulfonamides is 1. The maximum absolute atomic E-state index is 12.2. The predicted octanol–water partition coefficient (Wildman–Crippen LogP) is 3.71. The van der Waals surface area contributed by atoms with E-state index in [4.69, 9.17) is 0 Å². The van der Waals surface area contributed by atoms with Gasteiger partial charge in [-0.3, -0.25) is 0 Å². The monoisotopic (exact) mass is 283 g/mol. The van der Waals surface area contributed by atoms with E-state index in [0.29, 0.717) is 4.90 Å². The smallest absolute Gasteiger partial charge is 0.208 e. The van der Waals surface area contributed by atoms with Gasteiger partial charge in [-0.2, -0.15) is 0 Å². The Bertz CT molecular complexity index is 442. The highest BCUT2D eigenvalue weighted by Crippen LogP contribution is 2.13. The molecule has 19 heavy (non-hydrogen) atoms. The second-order valence-electron chi connectivity index (χ2n) is 4.92. The van der Waals surface area contributed by atoms with E-state index in [1.807, 2.05) is 6.07 Å². The van der Waals surface area contributed by atoms with E-state index in [-0.39, 0.29) is 6.04 Å². The van der Waals surface area contributed by atoms with Crippen molar-refractivity contribution < 1.29 is 8.42 Å². The molecule has 0 bridgehead atoms. The quantitative estimate of drug-likeness (QED) is 0.702. The molecule has 1 unspecified atom stereocenters. The molecule has 0 aromatic heterocycles. The van der Waals surface area contributed by atoms with E-state index in [0.717, 1.165) is 38.5 Å². The third-order valence-corrected chi connectivity index (χ3v) is 4.71. The minimum absolute atomic E-state index is 0.0572. The Labute approximate surface area is 117 Å². The van der Waals surface area contributed by atoms with Gasteiger partial charge in [0.1, 0.15) is 0 Å². The lowest BCUT2D eigenvalue weighted by Crippen LogP contribution is -2.34. The van der Waals surface area contributed by atoms with Crippen LogP contribution >= 0.6 is 0 Å². The van der Waals surface area contributed by atoms with Crippen molar-refractivity contribution in [3.8, 4) is 0 Å². The highest BCUT2D eigenvalue weighted by atomic mass is 32.2. The van der Waals surface area contributed by atoms with E-state index in [1.54, 1.807) is 24.3 Å². The summed E-state index contributed by atoms with van der Waals surface area (Å²) in [6, 6.07) is 8.65. The summed E-state index contributed by atoms with van der Waals surface area (Å²) in [6.45, 7) is 4.24. The normalized spacial score (nSPS) is 13.4. The molecule has 1 rings (SSSR count). The molecule has 1 atom stereocenters. The van der Waals surface area contributed by atoms with Crippen LogP contribution in [0.4, 0.5) is 0 Å². The molecule has 0 fully saturated rings. The number of hydrogen-bond acceptors (Lipinski definition) is 2. The van der Waals surface area contributed by atoms with Crippen molar-refractivity contribution in [2.45, 2.75) is 63.3 Å². The topological polar surface area (TPSA) is 46.2 Å². The SMILES string of the molecule is CCCCCC(CCC)NS(=O)(=O)c1ccccc1. The molecule has 0 radical (unpaired) electrons. The second kappa shape index (κ2) is 8.33. The van der Waals surface area contributed by atoms with Crippen LogP contribution in [0.25, 0.3) is 0 Å². The first kappa shape index (κ1) is 16.2. The molecule has 0 aliphatic heterocycles. The van der Waals surface area contributed by atoms with E-state index < -0.39 is 10.0 Å². The first-order valence-electron chi connectivity index (χ1n) is 7.17. The lowest BCUT2D eigenvalue weighted by atomic mass is 10.1. The van der Waals surface area contributed by atoms with Crippen molar-refractivity contribution in [1.29, 1.82) is 0 Å². The Morgan fingerprint density at radius 2 is 1.68 bits per heavy atom. The van der Waals surface area contributed by atoms with Gasteiger partial charge in [0.25, 0.3) is 0 Å². The van der Waals surface area contributed by atoms with Gasteiger partial charge in [0.2, 0.25) is 10.0 Å². The first-order valence-corrected chi connectivity index (χ1v) is 8.65. The molecule has 0 amide bonds. The molecule has 0 saturated heterocycles. The molecule has 0 saturated carbocycles. The van der Waals surface area contributed by atoms with Gasteiger partial charge in [-0.25, -0.2) is 13.1 Å². The Kier molecular flexibility index (Phi) is 7.10. The summed E-state index contributed by atoms with van der Waals surface area (Å²) in [5.74, 6) is 0. The van der Waals surface area contributed by atoms with Crippen molar-refractivity contribution >= 4 is 10.0 Å². The summed E-state index contributed by atoms with van der Waals surface area (Å²) in [4.78, 5) is 0.353. The highest BCUT2D eigenvalue weighted by Gasteiger charge is 2.18. The fraction of sp³-hybridized carbons (Fsp3) is 0.600. The Morgan fingerprint density at radius 1 is 1.00 bits per heavy atom. The fourth-order valence-corrected chi connectivity index (χ4v) is 3.46. The molecule has 0 heterocycles. The Morgan fingerprint density at radius 3 is 2.26 bits per heavy atom. The first-order chi connectivity index (χ1) is 9.10. The molecule has 1 aromatic carbocycles. The molecule has 0 aliphatic rings. The Balaban J connectivity index is 2.67. The van der Waals surface area contributed by atoms with Crippen LogP contribution in [-0.2, 0) is 10.0 Å². The van der Waals surface area contributed by atoms with Gasteiger partial charge in [-0.05, 0) is 25.0 Å². The molecule has 108 valence electrons. The van der Waals surface area contributed by atoms with Gasteiger partial charge >= 0.3 is 0 Å². The molecule has 3 nitrogen and oxygen atoms in total. The van der Waals surface area contributed by atoms with Crippen molar-refractivity contribution in [2.24, 2.45) is 0 Å². The van der Waals surface area contributed by atoms with Gasteiger partial charge in [0, 0.05) is 6.04 Å². The molecule has 1 aromatic rings. The summed E-state index contributed by atoms with van der Waals surface area (Å²) in [7, 11) is -3.37. The summed E-state index contributed by atoms with van der Waals surface area (Å²) in [5, 5.41) is 0. The summed E-state index contributed by atoms with van der Waals surface area (Å²) in [5.41, 5.74) is 0. The molecule has 4 heteroatoms.